The minimum atomic E-state index is -0.332. The Labute approximate surface area is 108 Å². The monoisotopic (exact) mass is 248 g/mol. The number of esters is 1. The molecule has 1 spiro atoms. The summed E-state index contributed by atoms with van der Waals surface area (Å²) in [5.41, 5.74) is -0.332. The number of hydrogen-bond acceptors (Lipinski definition) is 3. The lowest BCUT2D eigenvalue weighted by Gasteiger charge is -2.27. The molecule has 1 aliphatic carbocycles. The largest absolute Gasteiger partial charge is 0.462 e. The molecule has 4 unspecified atom stereocenters. The van der Waals surface area contributed by atoms with Gasteiger partial charge >= 0.3 is 5.97 Å². The fourth-order valence-corrected chi connectivity index (χ4v) is 4.32. The van der Waals surface area contributed by atoms with Crippen LogP contribution in [0, 0.1) is 11.3 Å². The van der Waals surface area contributed by atoms with Crippen LogP contribution in [0.4, 0.5) is 0 Å². The van der Waals surface area contributed by atoms with Gasteiger partial charge in [-0.1, -0.05) is 31.4 Å². The SMILES string of the molecule is O=C1OC(C2CCCCC2)CC12CC1C=CC2O1. The van der Waals surface area contributed by atoms with E-state index in [1.165, 1.54) is 32.1 Å². The minimum absolute atomic E-state index is 0.00919. The van der Waals surface area contributed by atoms with Crippen molar-refractivity contribution in [3.8, 4) is 0 Å². The van der Waals surface area contributed by atoms with Crippen molar-refractivity contribution in [2.45, 2.75) is 63.3 Å². The zero-order valence-electron chi connectivity index (χ0n) is 10.6. The lowest BCUT2D eigenvalue weighted by atomic mass is 9.72. The van der Waals surface area contributed by atoms with Crippen molar-refractivity contribution >= 4 is 5.97 Å². The molecule has 0 N–H and O–H groups in total. The maximum absolute atomic E-state index is 12.3. The maximum Gasteiger partial charge on any atom is 0.315 e. The van der Waals surface area contributed by atoms with Crippen LogP contribution in [0.15, 0.2) is 12.2 Å². The van der Waals surface area contributed by atoms with E-state index in [2.05, 4.69) is 12.2 Å². The molecule has 3 nitrogen and oxygen atoms in total. The second kappa shape index (κ2) is 3.83. The van der Waals surface area contributed by atoms with E-state index < -0.39 is 0 Å². The summed E-state index contributed by atoms with van der Waals surface area (Å²) in [5.74, 6) is 0.611. The molecule has 0 aromatic carbocycles. The van der Waals surface area contributed by atoms with E-state index in [4.69, 9.17) is 9.47 Å². The van der Waals surface area contributed by atoms with Gasteiger partial charge in [0.2, 0.25) is 0 Å². The second-order valence-corrected chi connectivity index (χ2v) is 6.39. The Bertz CT molecular complexity index is 397. The molecular formula is C15H20O3. The fourth-order valence-electron chi connectivity index (χ4n) is 4.32. The average molecular weight is 248 g/mol. The third-order valence-corrected chi connectivity index (χ3v) is 5.34. The van der Waals surface area contributed by atoms with Crippen molar-refractivity contribution in [3.05, 3.63) is 12.2 Å². The highest BCUT2D eigenvalue weighted by atomic mass is 16.6. The predicted octanol–water partition coefficient (Wildman–Crippen LogP) is 2.60. The van der Waals surface area contributed by atoms with Crippen LogP contribution in [0.25, 0.3) is 0 Å². The Hall–Kier alpha value is -0.830. The Morgan fingerprint density at radius 3 is 2.61 bits per heavy atom. The van der Waals surface area contributed by atoms with Gasteiger partial charge in [0.15, 0.2) is 0 Å². The van der Waals surface area contributed by atoms with E-state index in [0.717, 1.165) is 12.8 Å². The first kappa shape index (κ1) is 11.0. The summed E-state index contributed by atoms with van der Waals surface area (Å²) in [5, 5.41) is 0. The average Bonchev–Trinajstić information content (AvgIpc) is 3.07. The van der Waals surface area contributed by atoms with Crippen LogP contribution in [0.2, 0.25) is 0 Å². The smallest absolute Gasteiger partial charge is 0.315 e. The summed E-state index contributed by atoms with van der Waals surface area (Å²) in [7, 11) is 0. The zero-order chi connectivity index (χ0) is 12.2. The molecule has 18 heavy (non-hydrogen) atoms. The van der Waals surface area contributed by atoms with Crippen molar-refractivity contribution < 1.29 is 14.3 Å². The van der Waals surface area contributed by atoms with Crippen LogP contribution < -0.4 is 0 Å². The Morgan fingerprint density at radius 1 is 1.11 bits per heavy atom. The number of cyclic esters (lactones) is 1. The van der Waals surface area contributed by atoms with Gasteiger partial charge in [0.25, 0.3) is 0 Å². The van der Waals surface area contributed by atoms with E-state index in [1.807, 2.05) is 0 Å². The summed E-state index contributed by atoms with van der Waals surface area (Å²) in [6.45, 7) is 0. The van der Waals surface area contributed by atoms with Crippen LogP contribution in [0.3, 0.4) is 0 Å². The topological polar surface area (TPSA) is 35.5 Å². The van der Waals surface area contributed by atoms with Gasteiger partial charge in [0.05, 0.1) is 12.2 Å². The molecule has 2 bridgehead atoms. The van der Waals surface area contributed by atoms with Crippen molar-refractivity contribution in [2.75, 3.05) is 0 Å². The van der Waals surface area contributed by atoms with Gasteiger partial charge in [0, 0.05) is 6.42 Å². The van der Waals surface area contributed by atoms with Crippen LogP contribution >= 0.6 is 0 Å². The van der Waals surface area contributed by atoms with Gasteiger partial charge in [-0.2, -0.15) is 0 Å². The highest BCUT2D eigenvalue weighted by Crippen LogP contribution is 2.53. The summed E-state index contributed by atoms with van der Waals surface area (Å²) in [4.78, 5) is 12.3. The van der Waals surface area contributed by atoms with Gasteiger partial charge in [-0.05, 0) is 25.2 Å². The molecule has 0 aromatic rings. The third kappa shape index (κ3) is 1.43. The quantitative estimate of drug-likeness (QED) is 0.528. The Kier molecular flexibility index (Phi) is 2.35. The van der Waals surface area contributed by atoms with Crippen LogP contribution in [-0.2, 0) is 14.3 Å². The van der Waals surface area contributed by atoms with Crippen molar-refractivity contribution in [1.82, 2.24) is 0 Å². The number of carbonyl (C=O) groups excluding carboxylic acids is 1. The first-order valence-corrected chi connectivity index (χ1v) is 7.33. The normalized spacial score (nSPS) is 47.1. The van der Waals surface area contributed by atoms with Crippen molar-refractivity contribution in [3.63, 3.8) is 0 Å². The summed E-state index contributed by atoms with van der Waals surface area (Å²) in [6, 6.07) is 0. The number of ether oxygens (including phenoxy) is 2. The van der Waals surface area contributed by atoms with Gasteiger partial charge < -0.3 is 9.47 Å². The standard InChI is InChI=1S/C15H20O3/c16-14-15(8-11-6-7-13(15)17-11)9-12(18-14)10-4-2-1-3-5-10/h6-7,10-13H,1-5,8-9H2. The Balaban J connectivity index is 1.54. The van der Waals surface area contributed by atoms with Gasteiger partial charge in [0.1, 0.15) is 11.5 Å². The van der Waals surface area contributed by atoms with E-state index in [1.54, 1.807) is 0 Å². The molecule has 98 valence electrons. The molecule has 4 rings (SSSR count). The van der Waals surface area contributed by atoms with E-state index in [9.17, 15) is 4.79 Å². The maximum atomic E-state index is 12.3. The zero-order valence-corrected chi connectivity index (χ0v) is 10.6. The summed E-state index contributed by atoms with van der Waals surface area (Å²) in [6.07, 6.45) is 12.6. The molecule has 3 heteroatoms. The van der Waals surface area contributed by atoms with Crippen LogP contribution in [0.1, 0.15) is 44.9 Å². The first-order chi connectivity index (χ1) is 8.78. The Morgan fingerprint density at radius 2 is 1.94 bits per heavy atom. The molecule has 0 amide bonds. The number of hydrogen-bond donors (Lipinski definition) is 0. The highest BCUT2D eigenvalue weighted by Gasteiger charge is 2.61. The molecule has 3 fully saturated rings. The van der Waals surface area contributed by atoms with Crippen molar-refractivity contribution in [2.24, 2.45) is 11.3 Å². The highest BCUT2D eigenvalue weighted by molar-refractivity contribution is 5.81. The first-order valence-electron chi connectivity index (χ1n) is 7.33. The van der Waals surface area contributed by atoms with E-state index in [-0.39, 0.29) is 29.7 Å². The predicted molar refractivity (Wildman–Crippen MR) is 65.9 cm³/mol. The molecule has 1 saturated carbocycles. The molecular weight excluding hydrogens is 228 g/mol. The van der Waals surface area contributed by atoms with Gasteiger partial charge in [-0.15, -0.1) is 0 Å². The van der Waals surface area contributed by atoms with Gasteiger partial charge in [-0.3, -0.25) is 4.79 Å². The van der Waals surface area contributed by atoms with Crippen LogP contribution in [0.5, 0.6) is 0 Å². The third-order valence-electron chi connectivity index (χ3n) is 5.34. The molecule has 4 aliphatic rings. The van der Waals surface area contributed by atoms with E-state index in [0.29, 0.717) is 5.92 Å². The minimum Gasteiger partial charge on any atom is -0.462 e. The lowest BCUT2D eigenvalue weighted by molar-refractivity contribution is -0.151. The summed E-state index contributed by atoms with van der Waals surface area (Å²) >= 11 is 0. The molecule has 0 aromatic heterocycles. The van der Waals surface area contributed by atoms with Crippen LogP contribution in [-0.4, -0.2) is 24.3 Å². The molecule has 2 saturated heterocycles. The molecule has 4 atom stereocenters. The molecule has 3 heterocycles. The summed E-state index contributed by atoms with van der Waals surface area (Å²) < 4.78 is 11.5. The second-order valence-electron chi connectivity index (χ2n) is 6.39. The number of carbonyl (C=O) groups is 1. The molecule has 3 aliphatic heterocycles. The molecule has 0 radical (unpaired) electrons. The number of rotatable bonds is 1. The van der Waals surface area contributed by atoms with Crippen molar-refractivity contribution in [1.29, 1.82) is 0 Å². The lowest BCUT2D eigenvalue weighted by Crippen LogP contribution is -2.35. The van der Waals surface area contributed by atoms with E-state index >= 15 is 0 Å². The number of fused-ring (bicyclic) bond motifs is 3. The fraction of sp³-hybridized carbons (Fsp3) is 0.800. The van der Waals surface area contributed by atoms with Gasteiger partial charge in [-0.25, -0.2) is 0 Å².